The standard InChI is InChI=1S/C27H33N5O5S/c1-4-7-13-36-14-15-37-19-24(33)31-22-10-8-9-21(17-22)30-12-11-23-27(35)32(6-3)25(38-23)16-20(18-28)26(34)29-5-2/h8-10,12,17,30H,4-7,13-15,19H2,1-3H3,(H,29,34)(H,31,33). The normalized spacial score (nSPS) is 10.1. The third kappa shape index (κ3) is 9.87. The van der Waals surface area contributed by atoms with Crippen molar-refractivity contribution in [3.63, 3.8) is 0 Å². The lowest BCUT2D eigenvalue weighted by molar-refractivity contribution is -0.121. The van der Waals surface area contributed by atoms with E-state index < -0.39 is 5.91 Å². The third-order valence-corrected chi connectivity index (χ3v) is 5.96. The maximum absolute atomic E-state index is 12.7. The van der Waals surface area contributed by atoms with Crippen molar-refractivity contribution in [2.24, 2.45) is 0 Å². The summed E-state index contributed by atoms with van der Waals surface area (Å²) in [6, 6.07) is 8.87. The first-order valence-corrected chi connectivity index (χ1v) is 13.2. The van der Waals surface area contributed by atoms with Crippen LogP contribution in [0.3, 0.4) is 0 Å². The predicted octanol–water partition coefficient (Wildman–Crippen LogP) is 1.67. The van der Waals surface area contributed by atoms with Gasteiger partial charge in [0.2, 0.25) is 5.91 Å². The number of hydrogen-bond donors (Lipinski definition) is 3. The fraction of sp³-hybridized carbons (Fsp3) is 0.407. The third-order valence-electron chi connectivity index (χ3n) is 4.94. The quantitative estimate of drug-likeness (QED) is 0.189. The number of nitrogens with one attached hydrogen (secondary N) is 3. The smallest absolute Gasteiger partial charge is 0.277 e. The van der Waals surface area contributed by atoms with E-state index in [1.165, 1.54) is 10.8 Å². The summed E-state index contributed by atoms with van der Waals surface area (Å²) >= 11 is 1.08. The second-order valence-corrected chi connectivity index (χ2v) is 8.84. The number of nitriles is 1. The minimum Gasteiger partial charge on any atom is -0.379 e. The summed E-state index contributed by atoms with van der Waals surface area (Å²) in [6.45, 7) is 7.75. The second kappa shape index (κ2) is 16.8. The average Bonchev–Trinajstić information content (AvgIpc) is 3.20. The number of ether oxygens (including phenoxy) is 2. The summed E-state index contributed by atoms with van der Waals surface area (Å²) in [5, 5.41) is 17.6. The van der Waals surface area contributed by atoms with E-state index in [1.807, 2.05) is 6.07 Å². The fourth-order valence-corrected chi connectivity index (χ4v) is 4.06. The van der Waals surface area contributed by atoms with Gasteiger partial charge in [-0.15, -0.1) is 0 Å². The van der Waals surface area contributed by atoms with Crippen LogP contribution in [0.25, 0.3) is 11.5 Å². The highest BCUT2D eigenvalue weighted by atomic mass is 32.1. The van der Waals surface area contributed by atoms with Crippen LogP contribution in [-0.4, -0.2) is 49.4 Å². The molecular weight excluding hydrogens is 506 g/mol. The van der Waals surface area contributed by atoms with Crippen LogP contribution in [0, 0.1) is 11.3 Å². The molecular formula is C27H33N5O5S. The Morgan fingerprint density at radius 3 is 2.61 bits per heavy atom. The van der Waals surface area contributed by atoms with Gasteiger partial charge in [0.25, 0.3) is 11.5 Å². The minimum atomic E-state index is -0.545. The van der Waals surface area contributed by atoms with Crippen LogP contribution in [0.1, 0.15) is 33.6 Å². The van der Waals surface area contributed by atoms with Crippen LogP contribution in [0.2, 0.25) is 0 Å². The summed E-state index contributed by atoms with van der Waals surface area (Å²) in [5.41, 5.74) is 6.41. The van der Waals surface area contributed by atoms with Crippen LogP contribution >= 0.6 is 11.3 Å². The molecule has 0 radical (unpaired) electrons. The summed E-state index contributed by atoms with van der Waals surface area (Å²) in [7, 11) is 0. The molecule has 0 saturated carbocycles. The molecule has 1 heterocycles. The predicted molar refractivity (Wildman–Crippen MR) is 148 cm³/mol. The van der Waals surface area contributed by atoms with Crippen molar-refractivity contribution < 1.29 is 19.1 Å². The van der Waals surface area contributed by atoms with Crippen molar-refractivity contribution in [1.82, 2.24) is 9.88 Å². The molecule has 10 nitrogen and oxygen atoms in total. The first kappa shape index (κ1) is 30.3. The zero-order chi connectivity index (χ0) is 27.8. The van der Waals surface area contributed by atoms with Gasteiger partial charge >= 0.3 is 0 Å². The van der Waals surface area contributed by atoms with Gasteiger partial charge in [0.1, 0.15) is 21.9 Å². The molecule has 38 heavy (non-hydrogen) atoms. The second-order valence-electron chi connectivity index (χ2n) is 7.84. The number of unbranched alkanes of at least 4 members (excludes halogenated alkanes) is 1. The van der Waals surface area contributed by atoms with Gasteiger partial charge in [-0.2, -0.15) is 5.26 Å². The number of benzene rings is 1. The molecule has 0 aliphatic carbocycles. The molecule has 3 N–H and O–H groups in total. The molecule has 11 heteroatoms. The van der Waals surface area contributed by atoms with Gasteiger partial charge in [-0.3, -0.25) is 19.0 Å². The van der Waals surface area contributed by atoms with Crippen LogP contribution in [0.5, 0.6) is 0 Å². The Hall–Kier alpha value is -3.90. The van der Waals surface area contributed by atoms with E-state index in [0.29, 0.717) is 48.9 Å². The van der Waals surface area contributed by atoms with Gasteiger partial charge in [-0.05, 0) is 38.5 Å². The van der Waals surface area contributed by atoms with Crippen molar-refractivity contribution in [1.29, 1.82) is 5.26 Å². The summed E-state index contributed by atoms with van der Waals surface area (Å²) in [4.78, 5) is 36.9. The molecule has 1 aromatic carbocycles. The van der Waals surface area contributed by atoms with E-state index in [-0.39, 0.29) is 28.2 Å². The van der Waals surface area contributed by atoms with Crippen LogP contribution < -0.4 is 30.7 Å². The van der Waals surface area contributed by atoms with Crippen LogP contribution in [0.15, 0.2) is 40.8 Å². The van der Waals surface area contributed by atoms with E-state index in [1.54, 1.807) is 38.1 Å². The van der Waals surface area contributed by atoms with Crippen molar-refractivity contribution >= 4 is 46.0 Å². The number of thiazole rings is 1. The molecule has 0 aliphatic rings. The summed E-state index contributed by atoms with van der Waals surface area (Å²) in [5.74, 6) is -0.825. The van der Waals surface area contributed by atoms with Crippen LogP contribution in [0.4, 0.5) is 11.4 Å². The monoisotopic (exact) mass is 539 g/mol. The lowest BCUT2D eigenvalue weighted by atomic mass is 10.2. The number of aromatic nitrogens is 1. The molecule has 1 aromatic heterocycles. The first-order valence-electron chi connectivity index (χ1n) is 12.4. The SMILES string of the molecule is CCCCOCCOCC(=O)Nc1cccc(NC=C=c2sc(=C=C(C#N)C(=O)NCC)n(CC)c2=O)c1. The Bertz CT molecular complexity index is 1390. The molecule has 2 amide bonds. The number of likely N-dealkylation sites (N-methyl/N-ethyl adjacent to an activating group) is 1. The van der Waals surface area contributed by atoms with E-state index in [9.17, 15) is 19.6 Å². The van der Waals surface area contributed by atoms with E-state index in [2.05, 4.69) is 34.3 Å². The van der Waals surface area contributed by atoms with Crippen molar-refractivity contribution in [3.8, 4) is 6.07 Å². The molecule has 0 unspecified atom stereocenters. The van der Waals surface area contributed by atoms with Gasteiger partial charge in [0.15, 0.2) is 5.57 Å². The Morgan fingerprint density at radius 2 is 1.89 bits per heavy atom. The highest BCUT2D eigenvalue weighted by molar-refractivity contribution is 7.07. The maximum atomic E-state index is 12.7. The Balaban J connectivity index is 2.11. The highest BCUT2D eigenvalue weighted by Gasteiger charge is 2.08. The Kier molecular flexibility index (Phi) is 13.4. The first-order chi connectivity index (χ1) is 18.4. The van der Waals surface area contributed by atoms with E-state index in [0.717, 1.165) is 24.2 Å². The zero-order valence-corrected chi connectivity index (χ0v) is 22.7. The number of carbonyl (C=O) groups excluding carboxylic acids is 2. The molecule has 2 rings (SSSR count). The van der Waals surface area contributed by atoms with Gasteiger partial charge in [0, 0.05) is 37.3 Å². The van der Waals surface area contributed by atoms with Crippen molar-refractivity contribution in [2.75, 3.05) is 43.6 Å². The largest absolute Gasteiger partial charge is 0.379 e. The maximum Gasteiger partial charge on any atom is 0.277 e. The number of amides is 2. The molecule has 202 valence electrons. The number of rotatable bonds is 14. The lowest BCUT2D eigenvalue weighted by Gasteiger charge is -2.08. The molecule has 0 saturated heterocycles. The number of carbonyl (C=O) groups is 2. The highest BCUT2D eigenvalue weighted by Crippen LogP contribution is 2.14. The molecule has 0 atom stereocenters. The summed E-state index contributed by atoms with van der Waals surface area (Å²) in [6.07, 6.45) is 3.55. The van der Waals surface area contributed by atoms with Crippen molar-refractivity contribution in [2.45, 2.75) is 40.2 Å². The average molecular weight is 540 g/mol. The van der Waals surface area contributed by atoms with E-state index in [4.69, 9.17) is 9.47 Å². The van der Waals surface area contributed by atoms with Gasteiger partial charge < -0.3 is 25.4 Å². The van der Waals surface area contributed by atoms with Gasteiger partial charge in [-0.25, -0.2) is 0 Å². The fourth-order valence-electron chi connectivity index (χ4n) is 3.07. The number of anilines is 2. The van der Waals surface area contributed by atoms with Gasteiger partial charge in [-0.1, -0.05) is 42.2 Å². The Morgan fingerprint density at radius 1 is 1.13 bits per heavy atom. The molecule has 0 fully saturated rings. The number of hydrogen-bond acceptors (Lipinski definition) is 8. The van der Waals surface area contributed by atoms with Crippen molar-refractivity contribution in [3.05, 3.63) is 55.6 Å². The lowest BCUT2D eigenvalue weighted by Crippen LogP contribution is -2.30. The molecule has 0 spiro atoms. The topological polar surface area (TPSA) is 134 Å². The Labute approximate surface area is 225 Å². The van der Waals surface area contributed by atoms with E-state index >= 15 is 0 Å². The van der Waals surface area contributed by atoms with Gasteiger partial charge in [0.05, 0.1) is 13.2 Å². The number of nitrogens with zero attached hydrogens (tertiary/aromatic N) is 2. The minimum absolute atomic E-state index is 0.0774. The molecule has 0 aliphatic heterocycles. The van der Waals surface area contributed by atoms with Crippen LogP contribution in [-0.2, 0) is 25.6 Å². The summed E-state index contributed by atoms with van der Waals surface area (Å²) < 4.78 is 12.8. The zero-order valence-electron chi connectivity index (χ0n) is 21.9. The molecule has 2 aromatic rings. The molecule has 0 bridgehead atoms.